The van der Waals surface area contributed by atoms with Gasteiger partial charge in [-0.15, -0.1) is 21.5 Å². The van der Waals surface area contributed by atoms with Gasteiger partial charge in [0.1, 0.15) is 15.6 Å². The van der Waals surface area contributed by atoms with Gasteiger partial charge in [-0.05, 0) is 45.7 Å². The smallest absolute Gasteiger partial charge is 0.348 e. The van der Waals surface area contributed by atoms with Gasteiger partial charge in [-0.1, -0.05) is 18.7 Å². The summed E-state index contributed by atoms with van der Waals surface area (Å²) in [6.45, 7) is 9.96. The van der Waals surface area contributed by atoms with Gasteiger partial charge >= 0.3 is 11.9 Å². The molecule has 10 nitrogen and oxygen atoms in total. The first kappa shape index (κ1) is 26.5. The Labute approximate surface area is 211 Å². The average Bonchev–Trinajstić information content (AvgIpc) is 3.50. The summed E-state index contributed by atoms with van der Waals surface area (Å²) in [5, 5.41) is 12.2. The van der Waals surface area contributed by atoms with E-state index >= 15 is 0 Å². The summed E-state index contributed by atoms with van der Waals surface area (Å²) in [5.74, 6) is -0.0724. The first-order chi connectivity index (χ1) is 16.8. The maximum atomic E-state index is 12.8. The van der Waals surface area contributed by atoms with Crippen LogP contribution in [-0.2, 0) is 20.8 Å². The highest BCUT2D eigenvalue weighted by atomic mass is 32.2. The number of carbonyl (C=O) groups excluding carboxylic acids is 3. The van der Waals surface area contributed by atoms with Crippen LogP contribution in [-0.4, -0.2) is 51.6 Å². The van der Waals surface area contributed by atoms with E-state index in [1.54, 1.807) is 27.0 Å². The lowest BCUT2D eigenvalue weighted by molar-refractivity contribution is -0.113. The van der Waals surface area contributed by atoms with Crippen molar-refractivity contribution in [2.24, 2.45) is 0 Å². The van der Waals surface area contributed by atoms with Crippen LogP contribution < -0.4 is 5.32 Å². The summed E-state index contributed by atoms with van der Waals surface area (Å²) < 4.78 is 17.6. The van der Waals surface area contributed by atoms with Crippen molar-refractivity contribution in [2.75, 3.05) is 24.3 Å². The van der Waals surface area contributed by atoms with Gasteiger partial charge in [-0.25, -0.2) is 9.59 Å². The average molecular weight is 521 g/mol. The minimum absolute atomic E-state index is 0.0279. The molecule has 12 heteroatoms. The molecule has 3 aromatic rings. The number of carbonyl (C=O) groups is 3. The number of hydrogen-bond acceptors (Lipinski definition) is 10. The highest BCUT2D eigenvalue weighted by molar-refractivity contribution is 7.99. The Hall–Kier alpha value is -3.12. The van der Waals surface area contributed by atoms with Gasteiger partial charge in [-0.3, -0.25) is 4.79 Å². The van der Waals surface area contributed by atoms with Gasteiger partial charge < -0.3 is 23.8 Å². The number of aryl methyl sites for hydroxylation is 1. The lowest BCUT2D eigenvalue weighted by Crippen LogP contribution is -2.17. The lowest BCUT2D eigenvalue weighted by atomic mass is 10.1. The summed E-state index contributed by atoms with van der Waals surface area (Å²) in [5.41, 5.74) is 1.42. The number of amides is 1. The number of ether oxygens (including phenoxy) is 2. The van der Waals surface area contributed by atoms with E-state index in [0.717, 1.165) is 29.1 Å². The second kappa shape index (κ2) is 12.0. The fraction of sp³-hybridized carbons (Fsp3) is 0.435. The number of aromatic nitrogens is 3. The fourth-order valence-corrected chi connectivity index (χ4v) is 5.24. The van der Waals surface area contributed by atoms with Gasteiger partial charge in [-0.2, -0.15) is 0 Å². The molecule has 3 heterocycles. The topological polar surface area (TPSA) is 126 Å². The number of nitrogens with zero attached hydrogens (tertiary/aromatic N) is 3. The lowest BCUT2D eigenvalue weighted by Gasteiger charge is -2.09. The normalized spacial score (nSPS) is 10.9. The van der Waals surface area contributed by atoms with Crippen LogP contribution in [0.2, 0.25) is 0 Å². The number of rotatable bonds is 11. The summed E-state index contributed by atoms with van der Waals surface area (Å²) in [7, 11) is 0. The number of thioether (sulfide) groups is 1. The minimum Gasteiger partial charge on any atom is -0.469 e. The molecule has 0 saturated carbocycles. The Morgan fingerprint density at radius 3 is 2.46 bits per heavy atom. The van der Waals surface area contributed by atoms with E-state index in [2.05, 4.69) is 15.5 Å². The molecule has 0 radical (unpaired) electrons. The molecule has 0 bridgehead atoms. The first-order valence-electron chi connectivity index (χ1n) is 11.2. The van der Waals surface area contributed by atoms with E-state index in [1.165, 1.54) is 11.8 Å². The number of furan rings is 1. The van der Waals surface area contributed by atoms with E-state index in [9.17, 15) is 14.4 Å². The second-order valence-corrected chi connectivity index (χ2v) is 9.35. The maximum absolute atomic E-state index is 12.8. The largest absolute Gasteiger partial charge is 0.469 e. The molecule has 0 aliphatic rings. The van der Waals surface area contributed by atoms with Crippen LogP contribution in [0.15, 0.2) is 21.9 Å². The number of hydrogen-bond donors (Lipinski definition) is 1. The molecule has 1 N–H and O–H groups in total. The molecule has 0 aliphatic carbocycles. The predicted octanol–water partition coefficient (Wildman–Crippen LogP) is 4.71. The third-order valence-electron chi connectivity index (χ3n) is 4.94. The SMILES string of the molecule is CCCn1c(SCC(=O)Nc2sc(C(=O)OCC)c(C)c2C(=O)OCC)nnc1-c1ccoc1C. The van der Waals surface area contributed by atoms with Crippen LogP contribution in [0.25, 0.3) is 11.4 Å². The van der Waals surface area contributed by atoms with Crippen molar-refractivity contribution in [2.45, 2.75) is 52.7 Å². The highest BCUT2D eigenvalue weighted by Crippen LogP contribution is 2.35. The molecular weight excluding hydrogens is 492 g/mol. The van der Waals surface area contributed by atoms with Gasteiger partial charge in [0, 0.05) is 6.54 Å². The van der Waals surface area contributed by atoms with Gasteiger partial charge in [0.2, 0.25) is 5.91 Å². The van der Waals surface area contributed by atoms with Crippen molar-refractivity contribution in [3.8, 4) is 11.4 Å². The first-order valence-corrected chi connectivity index (χ1v) is 13.0. The quantitative estimate of drug-likeness (QED) is 0.282. The van der Waals surface area contributed by atoms with Crippen molar-refractivity contribution in [3.63, 3.8) is 0 Å². The van der Waals surface area contributed by atoms with E-state index in [-0.39, 0.29) is 40.3 Å². The summed E-state index contributed by atoms with van der Waals surface area (Å²) >= 11 is 2.23. The summed E-state index contributed by atoms with van der Waals surface area (Å²) in [6.07, 6.45) is 2.46. The molecule has 0 spiro atoms. The van der Waals surface area contributed by atoms with E-state index in [0.29, 0.717) is 23.1 Å². The van der Waals surface area contributed by atoms with Crippen molar-refractivity contribution in [1.29, 1.82) is 0 Å². The van der Waals surface area contributed by atoms with Crippen LogP contribution >= 0.6 is 23.1 Å². The van der Waals surface area contributed by atoms with E-state index in [1.807, 2.05) is 24.5 Å². The molecule has 0 unspecified atom stereocenters. The number of nitrogens with one attached hydrogen (secondary N) is 1. The zero-order valence-corrected chi connectivity index (χ0v) is 21.9. The molecule has 0 aromatic carbocycles. The number of thiophene rings is 1. The zero-order chi connectivity index (χ0) is 25.5. The Bertz CT molecular complexity index is 1210. The summed E-state index contributed by atoms with van der Waals surface area (Å²) in [4.78, 5) is 38.0. The molecule has 0 fully saturated rings. The van der Waals surface area contributed by atoms with E-state index < -0.39 is 11.9 Å². The van der Waals surface area contributed by atoms with Crippen LogP contribution in [0.1, 0.15) is 58.5 Å². The zero-order valence-electron chi connectivity index (χ0n) is 20.3. The molecule has 3 rings (SSSR count). The van der Waals surface area contributed by atoms with E-state index in [4.69, 9.17) is 13.9 Å². The molecule has 35 heavy (non-hydrogen) atoms. The third kappa shape index (κ3) is 5.93. The molecule has 188 valence electrons. The fourth-order valence-electron chi connectivity index (χ4n) is 3.37. The predicted molar refractivity (Wildman–Crippen MR) is 133 cm³/mol. The number of anilines is 1. The second-order valence-electron chi connectivity index (χ2n) is 7.39. The van der Waals surface area contributed by atoms with Crippen LogP contribution in [0.5, 0.6) is 0 Å². The molecule has 3 aromatic heterocycles. The van der Waals surface area contributed by atoms with Gasteiger partial charge in [0.05, 0.1) is 36.4 Å². The molecule has 0 aliphatic heterocycles. The van der Waals surface area contributed by atoms with Gasteiger partial charge in [0.15, 0.2) is 11.0 Å². The van der Waals surface area contributed by atoms with Crippen molar-refractivity contribution >= 4 is 45.9 Å². The Balaban J connectivity index is 1.79. The van der Waals surface area contributed by atoms with Crippen molar-refractivity contribution in [3.05, 3.63) is 34.1 Å². The third-order valence-corrected chi connectivity index (χ3v) is 7.09. The molecule has 0 saturated heterocycles. The van der Waals surface area contributed by atoms with Crippen LogP contribution in [0.3, 0.4) is 0 Å². The Kier molecular flexibility index (Phi) is 9.10. The standard InChI is InChI=1S/C23H28N4O6S2/c1-6-10-27-19(15-9-11-33-14(15)5)25-26-23(27)34-12-16(28)24-20-17(21(29)31-7-2)13(4)18(35-20)22(30)32-8-3/h9,11H,6-8,10,12H2,1-5H3,(H,24,28). The van der Waals surface area contributed by atoms with Crippen molar-refractivity contribution in [1.82, 2.24) is 14.8 Å². The van der Waals surface area contributed by atoms with Crippen molar-refractivity contribution < 1.29 is 28.3 Å². The highest BCUT2D eigenvalue weighted by Gasteiger charge is 2.27. The Morgan fingerprint density at radius 2 is 1.83 bits per heavy atom. The molecule has 1 amide bonds. The van der Waals surface area contributed by atoms with Crippen LogP contribution in [0.4, 0.5) is 5.00 Å². The monoisotopic (exact) mass is 520 g/mol. The van der Waals surface area contributed by atoms with Crippen LogP contribution in [0, 0.1) is 13.8 Å². The minimum atomic E-state index is -0.609. The van der Waals surface area contributed by atoms with Gasteiger partial charge in [0.25, 0.3) is 0 Å². The Morgan fingerprint density at radius 1 is 1.11 bits per heavy atom. The summed E-state index contributed by atoms with van der Waals surface area (Å²) in [6, 6.07) is 1.84. The number of esters is 2. The molecule has 0 atom stereocenters. The maximum Gasteiger partial charge on any atom is 0.348 e. The molecular formula is C23H28N4O6S2.